The van der Waals surface area contributed by atoms with Gasteiger partial charge >= 0.3 is 0 Å². The molecule has 184 valence electrons. The molecule has 1 saturated heterocycles. The zero-order valence-corrected chi connectivity index (χ0v) is 22.1. The van der Waals surface area contributed by atoms with Gasteiger partial charge in [-0.05, 0) is 53.0 Å². The van der Waals surface area contributed by atoms with Crippen LogP contribution in [-0.4, -0.2) is 34.8 Å². The van der Waals surface area contributed by atoms with Gasteiger partial charge in [0.2, 0.25) is 5.91 Å². The maximum atomic E-state index is 13.1. The number of carbonyl (C=O) groups excluding carboxylic acids is 2. The monoisotopic (exact) mass is 489 g/mol. The summed E-state index contributed by atoms with van der Waals surface area (Å²) in [7, 11) is 0. The second-order valence-corrected chi connectivity index (χ2v) is 12.2. The molecule has 0 radical (unpaired) electrons. The van der Waals surface area contributed by atoms with E-state index in [1.54, 1.807) is 11.3 Å². The molecule has 0 bridgehead atoms. The van der Waals surface area contributed by atoms with Gasteiger partial charge in [-0.15, -0.1) is 11.3 Å². The van der Waals surface area contributed by atoms with Crippen molar-refractivity contribution < 1.29 is 9.59 Å². The summed E-state index contributed by atoms with van der Waals surface area (Å²) in [5, 5.41) is 8.33. The van der Waals surface area contributed by atoms with Crippen LogP contribution in [0, 0.1) is 16.7 Å². The first-order valence-electron chi connectivity index (χ1n) is 12.6. The van der Waals surface area contributed by atoms with Crippen LogP contribution in [0.2, 0.25) is 0 Å². The van der Waals surface area contributed by atoms with Crippen LogP contribution in [0.1, 0.15) is 80.5 Å². The zero-order chi connectivity index (χ0) is 25.0. The summed E-state index contributed by atoms with van der Waals surface area (Å²) in [5.41, 5.74) is 1.70. The number of benzene rings is 2. The molecule has 1 unspecified atom stereocenters. The number of likely N-dealkylation sites (tertiary alicyclic amines) is 1. The van der Waals surface area contributed by atoms with Crippen LogP contribution in [0.4, 0.5) is 0 Å². The highest BCUT2D eigenvalue weighted by Crippen LogP contribution is 2.68. The standard InChI is InChI=1S/C29H35N3O2S/c1-18(21-11-10-19-8-6-7-9-22(19)16-21)30-25(33)23-17-35-26(31-23)20-12-14-32(15-13-20)27(34)24-28(2,3)29(24,4)5/h6-11,16-18,20,24H,12-15H2,1-5H3,(H,30,33). The minimum atomic E-state index is -0.140. The Bertz CT molecular complexity index is 1260. The molecule has 2 heterocycles. The largest absolute Gasteiger partial charge is 0.344 e. The Kier molecular flexibility index (Phi) is 5.99. The Morgan fingerprint density at radius 1 is 1.03 bits per heavy atom. The Balaban J connectivity index is 1.18. The molecule has 2 fully saturated rings. The van der Waals surface area contributed by atoms with Crippen molar-refractivity contribution in [3.05, 3.63) is 64.1 Å². The van der Waals surface area contributed by atoms with Gasteiger partial charge in [-0.25, -0.2) is 4.98 Å². The van der Waals surface area contributed by atoms with E-state index in [9.17, 15) is 9.59 Å². The van der Waals surface area contributed by atoms with Gasteiger partial charge in [0, 0.05) is 30.3 Å². The number of piperidine rings is 1. The van der Waals surface area contributed by atoms with Gasteiger partial charge in [0.25, 0.3) is 5.91 Å². The van der Waals surface area contributed by atoms with Crippen LogP contribution in [0.3, 0.4) is 0 Å². The van der Waals surface area contributed by atoms with Crippen LogP contribution in [-0.2, 0) is 4.79 Å². The van der Waals surface area contributed by atoms with Gasteiger partial charge in [0.15, 0.2) is 0 Å². The molecule has 35 heavy (non-hydrogen) atoms. The molecule has 1 saturated carbocycles. The summed E-state index contributed by atoms with van der Waals surface area (Å²) in [4.78, 5) is 32.7. The highest BCUT2D eigenvalue weighted by Gasteiger charge is 2.68. The minimum absolute atomic E-state index is 0.0719. The molecule has 5 nitrogen and oxygen atoms in total. The maximum Gasteiger partial charge on any atom is 0.271 e. The lowest BCUT2D eigenvalue weighted by molar-refractivity contribution is -0.134. The molecule has 1 aliphatic carbocycles. The van der Waals surface area contributed by atoms with Crippen molar-refractivity contribution in [2.75, 3.05) is 13.1 Å². The number of nitrogens with zero attached hydrogens (tertiary/aromatic N) is 2. The molecule has 1 atom stereocenters. The van der Waals surface area contributed by atoms with Crippen molar-refractivity contribution in [2.45, 2.75) is 59.4 Å². The van der Waals surface area contributed by atoms with Crippen molar-refractivity contribution in [1.29, 1.82) is 0 Å². The summed E-state index contributed by atoms with van der Waals surface area (Å²) < 4.78 is 0. The molecule has 0 spiro atoms. The van der Waals surface area contributed by atoms with Crippen molar-refractivity contribution in [2.24, 2.45) is 16.7 Å². The van der Waals surface area contributed by atoms with E-state index >= 15 is 0 Å². The topological polar surface area (TPSA) is 62.3 Å². The number of rotatable bonds is 5. The van der Waals surface area contributed by atoms with Gasteiger partial charge in [-0.1, -0.05) is 64.1 Å². The van der Waals surface area contributed by atoms with Crippen LogP contribution in [0.5, 0.6) is 0 Å². The zero-order valence-electron chi connectivity index (χ0n) is 21.3. The van der Waals surface area contributed by atoms with Gasteiger partial charge < -0.3 is 10.2 Å². The molecule has 1 aliphatic heterocycles. The number of nitrogens with one attached hydrogen (secondary N) is 1. The Hall–Kier alpha value is -2.73. The first kappa shape index (κ1) is 24.0. The summed E-state index contributed by atoms with van der Waals surface area (Å²) in [6.45, 7) is 12.3. The van der Waals surface area contributed by atoms with Gasteiger partial charge in [-0.2, -0.15) is 0 Å². The molecule has 2 amide bonds. The minimum Gasteiger partial charge on any atom is -0.344 e. The highest BCUT2D eigenvalue weighted by molar-refractivity contribution is 7.09. The van der Waals surface area contributed by atoms with Crippen LogP contribution in [0.15, 0.2) is 47.8 Å². The first-order valence-corrected chi connectivity index (χ1v) is 13.5. The van der Waals surface area contributed by atoms with Crippen LogP contribution in [0.25, 0.3) is 10.8 Å². The fraction of sp³-hybridized carbons (Fsp3) is 0.483. The molecule has 3 aromatic rings. The lowest BCUT2D eigenvalue weighted by atomic mass is 9.96. The van der Waals surface area contributed by atoms with Crippen LogP contribution >= 0.6 is 11.3 Å². The molecule has 2 aromatic carbocycles. The van der Waals surface area contributed by atoms with Gasteiger partial charge in [0.1, 0.15) is 5.69 Å². The summed E-state index contributed by atoms with van der Waals surface area (Å²) in [6.07, 6.45) is 1.81. The summed E-state index contributed by atoms with van der Waals surface area (Å²) in [6, 6.07) is 14.4. The lowest BCUT2D eigenvalue weighted by Crippen LogP contribution is -2.40. The average Bonchev–Trinajstić information content (AvgIpc) is 3.16. The molecule has 2 aliphatic rings. The van der Waals surface area contributed by atoms with Crippen LogP contribution < -0.4 is 5.32 Å². The first-order chi connectivity index (χ1) is 16.6. The van der Waals surface area contributed by atoms with E-state index in [1.807, 2.05) is 29.3 Å². The van der Waals surface area contributed by atoms with E-state index < -0.39 is 0 Å². The number of carbonyl (C=O) groups is 2. The molecule has 5 rings (SSSR count). The SMILES string of the molecule is CC(NC(=O)c1csc(C2CCN(C(=O)C3C(C)(C)C3(C)C)CC2)n1)c1ccc2ccccc2c1. The third-order valence-electron chi connectivity index (χ3n) is 8.80. The van der Waals surface area contributed by atoms with E-state index in [-0.39, 0.29) is 28.7 Å². The van der Waals surface area contributed by atoms with Crippen molar-refractivity contribution in [1.82, 2.24) is 15.2 Å². The molecule has 1 aromatic heterocycles. The van der Waals surface area contributed by atoms with E-state index in [1.165, 1.54) is 10.8 Å². The fourth-order valence-electron chi connectivity index (χ4n) is 5.75. The third-order valence-corrected chi connectivity index (χ3v) is 9.81. The quantitative estimate of drug-likeness (QED) is 0.466. The molecule has 6 heteroatoms. The fourth-order valence-corrected chi connectivity index (χ4v) is 6.72. The highest BCUT2D eigenvalue weighted by atomic mass is 32.1. The summed E-state index contributed by atoms with van der Waals surface area (Å²) >= 11 is 1.56. The molecular weight excluding hydrogens is 454 g/mol. The smallest absolute Gasteiger partial charge is 0.271 e. The Morgan fingerprint density at radius 2 is 1.69 bits per heavy atom. The maximum absolute atomic E-state index is 13.1. The number of aromatic nitrogens is 1. The van der Waals surface area contributed by atoms with E-state index in [0.29, 0.717) is 17.5 Å². The van der Waals surface area contributed by atoms with Crippen molar-refractivity contribution in [3.63, 3.8) is 0 Å². The van der Waals surface area contributed by atoms with E-state index in [2.05, 4.69) is 63.3 Å². The number of fused-ring (bicyclic) bond motifs is 1. The Morgan fingerprint density at radius 3 is 2.34 bits per heavy atom. The second-order valence-electron chi connectivity index (χ2n) is 11.3. The number of thiazole rings is 1. The van der Waals surface area contributed by atoms with Gasteiger partial charge in [-0.3, -0.25) is 9.59 Å². The number of amides is 2. The molecular formula is C29H35N3O2S. The Labute approximate surface area is 211 Å². The predicted molar refractivity (Wildman–Crippen MR) is 142 cm³/mol. The third kappa shape index (κ3) is 4.26. The predicted octanol–water partition coefficient (Wildman–Crippen LogP) is 6.18. The van der Waals surface area contributed by atoms with Crippen molar-refractivity contribution in [3.8, 4) is 0 Å². The van der Waals surface area contributed by atoms with E-state index in [0.717, 1.165) is 36.5 Å². The lowest BCUT2D eigenvalue weighted by Gasteiger charge is -2.31. The summed E-state index contributed by atoms with van der Waals surface area (Å²) in [5.74, 6) is 0.592. The molecule has 1 N–H and O–H groups in total. The number of hydrogen-bond donors (Lipinski definition) is 1. The van der Waals surface area contributed by atoms with Crippen molar-refractivity contribution >= 4 is 33.9 Å². The van der Waals surface area contributed by atoms with Gasteiger partial charge in [0.05, 0.1) is 11.0 Å². The number of hydrogen-bond acceptors (Lipinski definition) is 4. The normalized spacial score (nSPS) is 20.5. The second kappa shape index (κ2) is 8.74. The average molecular weight is 490 g/mol. The van der Waals surface area contributed by atoms with E-state index in [4.69, 9.17) is 4.98 Å².